The number of alkyl halides is 3. The van der Waals surface area contributed by atoms with E-state index in [1.165, 1.54) is 12.1 Å². The molecule has 5 aromatic rings. The first-order valence-electron chi connectivity index (χ1n) is 13.0. The Bertz CT molecular complexity index is 1780. The maximum atomic E-state index is 13.9. The van der Waals surface area contributed by atoms with Gasteiger partial charge in [-0.05, 0) is 54.4 Å². The van der Waals surface area contributed by atoms with Crippen LogP contribution in [0.1, 0.15) is 38.8 Å². The quantitative estimate of drug-likeness (QED) is 0.195. The molecule has 0 amide bonds. The van der Waals surface area contributed by atoms with E-state index in [1.807, 2.05) is 43.3 Å². The van der Waals surface area contributed by atoms with Crippen molar-refractivity contribution in [3.63, 3.8) is 0 Å². The molecule has 0 aliphatic rings. The zero-order chi connectivity index (χ0) is 30.7. The number of pyridine rings is 1. The third kappa shape index (κ3) is 5.87. The second kappa shape index (κ2) is 11.9. The average molecular weight is 590 g/mol. The first-order chi connectivity index (χ1) is 20.6. The van der Waals surface area contributed by atoms with E-state index in [-0.39, 0.29) is 5.82 Å². The fourth-order valence-electron chi connectivity index (χ4n) is 4.76. The van der Waals surface area contributed by atoms with E-state index in [4.69, 9.17) is 14.2 Å². The molecule has 2 heterocycles. The van der Waals surface area contributed by atoms with Crippen LogP contribution in [0.3, 0.4) is 0 Å². The number of methoxy groups -OCH3 is 2. The third-order valence-corrected chi connectivity index (χ3v) is 6.81. The van der Waals surface area contributed by atoms with E-state index in [0.717, 1.165) is 16.7 Å². The van der Waals surface area contributed by atoms with Gasteiger partial charge in [0.05, 0.1) is 26.1 Å². The van der Waals surface area contributed by atoms with Crippen LogP contribution in [0.4, 0.5) is 13.2 Å². The Hall–Kier alpha value is -5.32. The minimum absolute atomic E-state index is 0.206. The van der Waals surface area contributed by atoms with Crippen molar-refractivity contribution < 1.29 is 37.3 Å². The highest BCUT2D eigenvalue weighted by Gasteiger charge is 2.41. The summed E-state index contributed by atoms with van der Waals surface area (Å²) in [6.45, 7) is 1.97. The van der Waals surface area contributed by atoms with Crippen LogP contribution >= 0.6 is 0 Å². The number of nitrogens with zero attached hydrogens (tertiary/aromatic N) is 3. The fraction of sp³-hybridized carbons (Fsp3) is 0.156. The molecule has 0 saturated carbocycles. The summed E-state index contributed by atoms with van der Waals surface area (Å²) in [7, 11) is 3.09. The third-order valence-electron chi connectivity index (χ3n) is 6.81. The van der Waals surface area contributed by atoms with Crippen molar-refractivity contribution in [2.24, 2.45) is 0 Å². The van der Waals surface area contributed by atoms with Crippen molar-refractivity contribution in [3.05, 3.63) is 119 Å². The van der Waals surface area contributed by atoms with Gasteiger partial charge in [0, 0.05) is 11.1 Å². The molecular formula is C32H26F3N3O5. The van der Waals surface area contributed by atoms with E-state index in [9.17, 15) is 23.1 Å². The number of halogens is 3. The summed E-state index contributed by atoms with van der Waals surface area (Å²) in [5.74, 6) is -0.462. The van der Waals surface area contributed by atoms with Crippen LogP contribution in [0.5, 0.6) is 17.2 Å². The molecule has 0 aliphatic heterocycles. The first-order valence-corrected chi connectivity index (χ1v) is 13.0. The summed E-state index contributed by atoms with van der Waals surface area (Å²) in [5, 5.41) is 13.0. The predicted molar refractivity (Wildman–Crippen MR) is 152 cm³/mol. The molecule has 3 aromatic carbocycles. The molecule has 0 spiro atoms. The van der Waals surface area contributed by atoms with Gasteiger partial charge in [-0.2, -0.15) is 18.3 Å². The van der Waals surface area contributed by atoms with Gasteiger partial charge in [-0.25, -0.2) is 14.5 Å². The number of rotatable bonds is 9. The van der Waals surface area contributed by atoms with E-state index in [1.54, 1.807) is 50.6 Å². The second-order valence-electron chi connectivity index (χ2n) is 9.47. The number of carbonyl (C=O) groups is 1. The molecule has 0 aliphatic carbocycles. The maximum absolute atomic E-state index is 13.9. The Kier molecular flexibility index (Phi) is 8.07. The zero-order valence-corrected chi connectivity index (χ0v) is 23.3. The highest BCUT2D eigenvalue weighted by molar-refractivity contribution is 5.89. The van der Waals surface area contributed by atoms with Crippen LogP contribution < -0.4 is 14.2 Å². The summed E-state index contributed by atoms with van der Waals surface area (Å²) in [6, 6.07) is 24.7. The molecule has 0 bridgehead atoms. The molecule has 11 heteroatoms. The van der Waals surface area contributed by atoms with Crippen LogP contribution in [-0.2, 0) is 6.18 Å². The van der Waals surface area contributed by atoms with Crippen LogP contribution in [0.15, 0.2) is 91.1 Å². The van der Waals surface area contributed by atoms with Gasteiger partial charge >= 0.3 is 12.1 Å². The van der Waals surface area contributed by atoms with Gasteiger partial charge in [-0.3, -0.25) is 0 Å². The summed E-state index contributed by atoms with van der Waals surface area (Å²) < 4.78 is 59.7. The maximum Gasteiger partial charge on any atom is 0.434 e. The molecule has 5 rings (SSSR count). The Morgan fingerprint density at radius 2 is 1.60 bits per heavy atom. The fourth-order valence-corrected chi connectivity index (χ4v) is 4.76. The molecule has 0 fully saturated rings. The smallest absolute Gasteiger partial charge is 0.434 e. The Morgan fingerprint density at radius 3 is 2.30 bits per heavy atom. The summed E-state index contributed by atoms with van der Waals surface area (Å²) in [4.78, 5) is 15.9. The topological polar surface area (TPSA) is 95.7 Å². The number of ether oxygens (including phenoxy) is 3. The van der Waals surface area contributed by atoms with E-state index in [2.05, 4.69) is 10.1 Å². The van der Waals surface area contributed by atoms with Crippen molar-refractivity contribution in [2.45, 2.75) is 19.2 Å². The minimum Gasteiger partial charge on any atom is -0.493 e. The molecule has 2 aromatic heterocycles. The number of hydrogen-bond donors (Lipinski definition) is 1. The van der Waals surface area contributed by atoms with Crippen molar-refractivity contribution in [2.75, 3.05) is 14.2 Å². The number of aryl methyl sites for hydroxylation is 1. The zero-order valence-electron chi connectivity index (χ0n) is 23.3. The minimum atomic E-state index is -4.98. The highest BCUT2D eigenvalue weighted by atomic mass is 19.4. The lowest BCUT2D eigenvalue weighted by Gasteiger charge is -2.24. The van der Waals surface area contributed by atoms with Gasteiger partial charge in [-0.15, -0.1) is 0 Å². The summed E-state index contributed by atoms with van der Waals surface area (Å²) in [5.41, 5.74) is 1.04. The number of para-hydroxylation sites is 1. The number of benzene rings is 3. The van der Waals surface area contributed by atoms with Gasteiger partial charge in [0.2, 0.25) is 0 Å². The summed E-state index contributed by atoms with van der Waals surface area (Å²) in [6.07, 6.45) is -4.93. The Labute approximate surface area is 244 Å². The first kappa shape index (κ1) is 29.2. The lowest BCUT2D eigenvalue weighted by Crippen LogP contribution is -2.18. The molecule has 0 radical (unpaired) electrons. The second-order valence-corrected chi connectivity index (χ2v) is 9.47. The molecule has 1 N–H and O–H groups in total. The Balaban J connectivity index is 1.61. The van der Waals surface area contributed by atoms with Gasteiger partial charge in [-0.1, -0.05) is 48.5 Å². The Morgan fingerprint density at radius 1 is 0.884 bits per heavy atom. The molecular weight excluding hydrogens is 563 g/mol. The van der Waals surface area contributed by atoms with Crippen LogP contribution in [0, 0.1) is 6.92 Å². The van der Waals surface area contributed by atoms with Gasteiger partial charge in [0.1, 0.15) is 17.4 Å². The SMILES string of the molecule is COc1ccc(C(Oc2ccccc2-c2cccc(-n3ncc(C(=O)O)c3C(F)(F)F)n2)c2ccccc2C)cc1OC. The van der Waals surface area contributed by atoms with Crippen molar-refractivity contribution in [3.8, 4) is 34.3 Å². The lowest BCUT2D eigenvalue weighted by atomic mass is 9.96. The monoisotopic (exact) mass is 589 g/mol. The van der Waals surface area contributed by atoms with Crippen LogP contribution in [0.2, 0.25) is 0 Å². The number of aromatic carboxylic acids is 1. The predicted octanol–water partition coefficient (Wildman–Crippen LogP) is 7.15. The van der Waals surface area contributed by atoms with Crippen molar-refractivity contribution >= 4 is 5.97 Å². The molecule has 1 atom stereocenters. The van der Waals surface area contributed by atoms with E-state index in [0.29, 0.717) is 39.4 Å². The molecule has 43 heavy (non-hydrogen) atoms. The van der Waals surface area contributed by atoms with Crippen molar-refractivity contribution in [1.82, 2.24) is 14.8 Å². The number of carboxylic acids is 1. The highest BCUT2D eigenvalue weighted by Crippen LogP contribution is 2.39. The van der Waals surface area contributed by atoms with Crippen molar-refractivity contribution in [1.29, 1.82) is 0 Å². The molecule has 220 valence electrons. The average Bonchev–Trinajstić information content (AvgIpc) is 3.47. The van der Waals surface area contributed by atoms with E-state index >= 15 is 0 Å². The molecule has 8 nitrogen and oxygen atoms in total. The largest absolute Gasteiger partial charge is 0.493 e. The molecule has 1 unspecified atom stereocenters. The number of hydrogen-bond acceptors (Lipinski definition) is 6. The normalized spacial score (nSPS) is 12.0. The van der Waals surface area contributed by atoms with Gasteiger partial charge in [0.25, 0.3) is 0 Å². The van der Waals surface area contributed by atoms with Gasteiger partial charge < -0.3 is 19.3 Å². The molecule has 0 saturated heterocycles. The number of carboxylic acid groups (broad SMARTS) is 1. The van der Waals surface area contributed by atoms with Crippen LogP contribution in [-0.4, -0.2) is 40.1 Å². The van der Waals surface area contributed by atoms with E-state index < -0.39 is 29.5 Å². The summed E-state index contributed by atoms with van der Waals surface area (Å²) >= 11 is 0. The lowest BCUT2D eigenvalue weighted by molar-refractivity contribution is -0.143. The standard InChI is InChI=1S/C32H26F3N3O5/c1-19-9-4-5-10-21(19)29(20-15-16-26(41-2)27(17-20)42-3)43-25-13-7-6-11-22(25)24-12-8-14-28(37-24)38-30(32(33,34)35)23(18-36-38)31(39)40/h4-18,29H,1-3H3,(H,39,40). The number of aromatic nitrogens is 3. The van der Waals surface area contributed by atoms with Gasteiger partial charge in [0.15, 0.2) is 23.0 Å². The van der Waals surface area contributed by atoms with Crippen LogP contribution in [0.25, 0.3) is 17.1 Å².